The van der Waals surface area contributed by atoms with E-state index in [1.165, 1.54) is 12.8 Å². The predicted molar refractivity (Wildman–Crippen MR) is 94.0 cm³/mol. The number of fused-ring (bicyclic) bond motifs is 1. The first kappa shape index (κ1) is 14.5. The van der Waals surface area contributed by atoms with Gasteiger partial charge in [-0.15, -0.1) is 0 Å². The number of aromatic nitrogens is 3. The van der Waals surface area contributed by atoms with Crippen LogP contribution in [-0.2, 0) is 0 Å². The second kappa shape index (κ2) is 5.85. The van der Waals surface area contributed by atoms with Gasteiger partial charge < -0.3 is 4.90 Å². The molecule has 0 spiro atoms. The fourth-order valence-corrected chi connectivity index (χ4v) is 3.48. The number of benzene rings is 1. The summed E-state index contributed by atoms with van der Waals surface area (Å²) in [6.07, 6.45) is 6.38. The zero-order valence-electron chi connectivity index (χ0n) is 13.1. The molecule has 23 heavy (non-hydrogen) atoms. The van der Waals surface area contributed by atoms with Crippen LogP contribution in [0.25, 0.3) is 16.8 Å². The molecule has 3 aromatic rings. The zero-order valence-corrected chi connectivity index (χ0v) is 13.9. The number of piperidine rings is 1. The molecule has 0 aliphatic carbocycles. The van der Waals surface area contributed by atoms with Gasteiger partial charge in [0, 0.05) is 29.9 Å². The molecule has 4 rings (SSSR count). The molecule has 1 unspecified atom stereocenters. The van der Waals surface area contributed by atoms with Crippen molar-refractivity contribution in [1.82, 2.24) is 14.6 Å². The summed E-state index contributed by atoms with van der Waals surface area (Å²) in [6.45, 7) is 4.46. The van der Waals surface area contributed by atoms with Crippen LogP contribution < -0.4 is 4.90 Å². The summed E-state index contributed by atoms with van der Waals surface area (Å²) in [5, 5.41) is 5.14. The van der Waals surface area contributed by atoms with Gasteiger partial charge in [0.2, 0.25) is 0 Å². The average Bonchev–Trinajstić information content (AvgIpc) is 2.98. The zero-order chi connectivity index (χ0) is 15.8. The second-order valence-electron chi connectivity index (χ2n) is 6.32. The predicted octanol–water partition coefficient (Wildman–Crippen LogP) is 4.29. The number of anilines is 1. The summed E-state index contributed by atoms with van der Waals surface area (Å²) in [5.41, 5.74) is 2.94. The summed E-state index contributed by atoms with van der Waals surface area (Å²) in [6, 6.07) is 9.89. The van der Waals surface area contributed by atoms with Gasteiger partial charge >= 0.3 is 0 Å². The molecule has 0 radical (unpaired) electrons. The maximum atomic E-state index is 6.13. The average molecular weight is 327 g/mol. The van der Waals surface area contributed by atoms with Crippen LogP contribution >= 0.6 is 11.6 Å². The van der Waals surface area contributed by atoms with Crippen molar-refractivity contribution in [3.05, 3.63) is 47.7 Å². The Labute approximate surface area is 140 Å². The van der Waals surface area contributed by atoms with Crippen LogP contribution in [0, 0.1) is 5.92 Å². The highest BCUT2D eigenvalue weighted by atomic mass is 35.5. The van der Waals surface area contributed by atoms with Crippen LogP contribution in [0.1, 0.15) is 19.8 Å². The van der Waals surface area contributed by atoms with Gasteiger partial charge in [-0.2, -0.15) is 5.10 Å². The highest BCUT2D eigenvalue weighted by Gasteiger charge is 2.18. The van der Waals surface area contributed by atoms with E-state index in [2.05, 4.69) is 23.0 Å². The van der Waals surface area contributed by atoms with Crippen LogP contribution in [0.5, 0.6) is 0 Å². The minimum absolute atomic E-state index is 0.721. The van der Waals surface area contributed by atoms with Crippen LogP contribution in [0.4, 0.5) is 5.82 Å². The third-order valence-corrected chi connectivity index (χ3v) is 4.71. The molecular formula is C18H19ClN4. The van der Waals surface area contributed by atoms with Crippen LogP contribution in [0.15, 0.2) is 42.7 Å². The Morgan fingerprint density at radius 3 is 3.00 bits per heavy atom. The molecule has 1 fully saturated rings. The van der Waals surface area contributed by atoms with Gasteiger partial charge in [0.05, 0.1) is 6.20 Å². The van der Waals surface area contributed by atoms with Crippen molar-refractivity contribution < 1.29 is 0 Å². The van der Waals surface area contributed by atoms with Crippen molar-refractivity contribution >= 4 is 23.1 Å². The Morgan fingerprint density at radius 1 is 1.26 bits per heavy atom. The smallest absolute Gasteiger partial charge is 0.165 e. The molecule has 0 N–H and O–H groups in total. The van der Waals surface area contributed by atoms with E-state index in [1.54, 1.807) is 0 Å². The van der Waals surface area contributed by atoms with Crippen molar-refractivity contribution in [2.45, 2.75) is 19.8 Å². The summed E-state index contributed by atoms with van der Waals surface area (Å²) < 4.78 is 1.83. The lowest BCUT2D eigenvalue weighted by atomic mass is 10.0. The van der Waals surface area contributed by atoms with Crippen LogP contribution in [-0.4, -0.2) is 27.7 Å². The first-order valence-electron chi connectivity index (χ1n) is 8.06. The maximum absolute atomic E-state index is 6.13. The minimum Gasteiger partial charge on any atom is -0.356 e. The lowest BCUT2D eigenvalue weighted by molar-refractivity contribution is 0.444. The minimum atomic E-state index is 0.721. The highest BCUT2D eigenvalue weighted by molar-refractivity contribution is 6.30. The van der Waals surface area contributed by atoms with Gasteiger partial charge in [-0.05, 0) is 42.5 Å². The van der Waals surface area contributed by atoms with Gasteiger partial charge in [0.15, 0.2) is 5.65 Å². The molecule has 3 heterocycles. The van der Waals surface area contributed by atoms with Crippen LogP contribution in [0.2, 0.25) is 5.02 Å². The van der Waals surface area contributed by atoms with Crippen molar-refractivity contribution in [3.63, 3.8) is 0 Å². The van der Waals surface area contributed by atoms with E-state index in [0.717, 1.165) is 46.6 Å². The molecule has 1 aliphatic heterocycles. The molecule has 0 amide bonds. The molecule has 2 aromatic heterocycles. The van der Waals surface area contributed by atoms with E-state index < -0.39 is 0 Å². The van der Waals surface area contributed by atoms with E-state index in [9.17, 15) is 0 Å². The molecule has 118 valence electrons. The molecule has 1 atom stereocenters. The van der Waals surface area contributed by atoms with Crippen molar-refractivity contribution in [2.75, 3.05) is 18.0 Å². The Balaban J connectivity index is 1.77. The number of hydrogen-bond acceptors (Lipinski definition) is 3. The van der Waals surface area contributed by atoms with E-state index >= 15 is 0 Å². The summed E-state index contributed by atoms with van der Waals surface area (Å²) >= 11 is 6.13. The van der Waals surface area contributed by atoms with E-state index in [1.807, 2.05) is 41.2 Å². The van der Waals surface area contributed by atoms with Crippen LogP contribution in [0.3, 0.4) is 0 Å². The van der Waals surface area contributed by atoms with Crippen molar-refractivity contribution in [3.8, 4) is 11.1 Å². The van der Waals surface area contributed by atoms with Gasteiger partial charge in [0.1, 0.15) is 5.82 Å². The molecule has 4 nitrogen and oxygen atoms in total. The Morgan fingerprint density at radius 2 is 2.17 bits per heavy atom. The molecule has 1 saturated heterocycles. The van der Waals surface area contributed by atoms with E-state index in [-0.39, 0.29) is 0 Å². The molecule has 1 aliphatic rings. The SMILES string of the molecule is CC1CCCN(c2ccn3ncc(-c4cccc(Cl)c4)c3n2)C1. The summed E-state index contributed by atoms with van der Waals surface area (Å²) in [4.78, 5) is 7.26. The van der Waals surface area contributed by atoms with Gasteiger partial charge in [-0.25, -0.2) is 9.50 Å². The lowest BCUT2D eigenvalue weighted by Gasteiger charge is -2.31. The molecule has 5 heteroatoms. The standard InChI is InChI=1S/C18H19ClN4/c1-13-4-3-8-22(12-13)17-7-9-23-18(21-17)16(11-20-23)14-5-2-6-15(19)10-14/h2,5-7,9-11,13H,3-4,8,12H2,1H3. The summed E-state index contributed by atoms with van der Waals surface area (Å²) in [5.74, 6) is 1.76. The first-order valence-corrected chi connectivity index (χ1v) is 8.44. The number of rotatable bonds is 2. The third kappa shape index (κ3) is 2.79. The lowest BCUT2D eigenvalue weighted by Crippen LogP contribution is -2.34. The Bertz CT molecular complexity index is 842. The fourth-order valence-electron chi connectivity index (χ4n) is 3.29. The third-order valence-electron chi connectivity index (χ3n) is 4.47. The van der Waals surface area contributed by atoms with Crippen molar-refractivity contribution in [2.24, 2.45) is 5.92 Å². The van der Waals surface area contributed by atoms with Crippen molar-refractivity contribution in [1.29, 1.82) is 0 Å². The first-order chi connectivity index (χ1) is 11.2. The Kier molecular flexibility index (Phi) is 3.69. The van der Waals surface area contributed by atoms with E-state index in [0.29, 0.717) is 0 Å². The number of nitrogens with zero attached hydrogens (tertiary/aromatic N) is 4. The number of halogens is 1. The Hall–Kier alpha value is -2.07. The quantitative estimate of drug-likeness (QED) is 0.704. The monoisotopic (exact) mass is 326 g/mol. The van der Waals surface area contributed by atoms with Gasteiger partial charge in [-0.1, -0.05) is 30.7 Å². The normalized spacial score (nSPS) is 18.5. The van der Waals surface area contributed by atoms with Gasteiger partial charge in [-0.3, -0.25) is 0 Å². The molecule has 1 aromatic carbocycles. The molecular weight excluding hydrogens is 308 g/mol. The largest absolute Gasteiger partial charge is 0.356 e. The highest BCUT2D eigenvalue weighted by Crippen LogP contribution is 2.28. The summed E-state index contributed by atoms with van der Waals surface area (Å²) in [7, 11) is 0. The molecule has 0 saturated carbocycles. The number of hydrogen-bond donors (Lipinski definition) is 0. The molecule has 0 bridgehead atoms. The maximum Gasteiger partial charge on any atom is 0.165 e. The van der Waals surface area contributed by atoms with Gasteiger partial charge in [0.25, 0.3) is 0 Å². The second-order valence-corrected chi connectivity index (χ2v) is 6.75. The fraction of sp³-hybridized carbons (Fsp3) is 0.333. The van der Waals surface area contributed by atoms with E-state index in [4.69, 9.17) is 16.6 Å². The topological polar surface area (TPSA) is 33.4 Å².